The van der Waals surface area contributed by atoms with Crippen molar-refractivity contribution in [3.05, 3.63) is 0 Å². The average Bonchev–Trinajstić information content (AvgIpc) is 3.17. The first-order chi connectivity index (χ1) is 10.3. The third-order valence-electron chi connectivity index (χ3n) is 3.73. The molecule has 0 unspecified atom stereocenters. The van der Waals surface area contributed by atoms with Crippen molar-refractivity contribution < 1.29 is 4.79 Å². The topological polar surface area (TPSA) is 90.7 Å². The zero-order valence-corrected chi connectivity index (χ0v) is 14.8. The van der Waals surface area contributed by atoms with Gasteiger partial charge in [-0.15, -0.1) is 10.2 Å². The summed E-state index contributed by atoms with van der Waals surface area (Å²) >= 11 is 2.83. The van der Waals surface area contributed by atoms with Gasteiger partial charge < -0.3 is 10.6 Å². The monoisotopic (exact) mass is 339 g/mol. The lowest BCUT2D eigenvalue weighted by atomic mass is 9.90. The number of hydrogen-bond donors (Lipinski definition) is 2. The molecule has 2 rings (SSSR count). The number of rotatable bonds is 7. The zero-order chi connectivity index (χ0) is 16.3. The van der Waals surface area contributed by atoms with Crippen LogP contribution in [-0.2, 0) is 4.79 Å². The largest absolute Gasteiger partial charge is 0.357 e. The number of nitrogens with one attached hydrogen (secondary N) is 2. The average molecular weight is 339 g/mol. The third kappa shape index (κ3) is 4.34. The summed E-state index contributed by atoms with van der Waals surface area (Å²) in [6.45, 7) is 7.40. The summed E-state index contributed by atoms with van der Waals surface area (Å²) in [4.78, 5) is 12.3. The molecule has 1 amide bonds. The van der Waals surface area contributed by atoms with Crippen LogP contribution in [0.25, 0.3) is 0 Å². The van der Waals surface area contributed by atoms with Crippen molar-refractivity contribution in [2.75, 3.05) is 5.32 Å². The van der Waals surface area contributed by atoms with E-state index in [4.69, 9.17) is 0 Å². The number of carbonyl (C=O) groups is 1. The zero-order valence-electron chi connectivity index (χ0n) is 13.2. The number of amides is 1. The van der Waals surface area contributed by atoms with Crippen molar-refractivity contribution in [3.63, 3.8) is 0 Å². The molecule has 8 heteroatoms. The SMILES string of the molecule is CC(C)[C@@](C)(C#N)NC(=O)[C@@H](C)Sc1nnc(NC2CC2)s1. The van der Waals surface area contributed by atoms with E-state index in [0.29, 0.717) is 6.04 Å². The van der Waals surface area contributed by atoms with Gasteiger partial charge in [-0.2, -0.15) is 5.26 Å². The standard InChI is InChI=1S/C14H21N5OS2/c1-8(2)14(4,7-15)17-11(20)9(3)21-13-19-18-12(22-13)16-10-5-6-10/h8-10H,5-6H2,1-4H3,(H,16,18)(H,17,20)/t9-,14-/m1/s1. The highest BCUT2D eigenvalue weighted by Crippen LogP contribution is 2.32. The van der Waals surface area contributed by atoms with Gasteiger partial charge in [-0.05, 0) is 32.6 Å². The molecule has 1 fully saturated rings. The molecule has 2 N–H and O–H groups in total. The Balaban J connectivity index is 1.90. The lowest BCUT2D eigenvalue weighted by Gasteiger charge is -2.28. The van der Waals surface area contributed by atoms with Crippen LogP contribution in [0.5, 0.6) is 0 Å². The van der Waals surface area contributed by atoms with Crippen LogP contribution in [0.2, 0.25) is 0 Å². The minimum Gasteiger partial charge on any atom is -0.357 e. The van der Waals surface area contributed by atoms with Gasteiger partial charge in [0.2, 0.25) is 11.0 Å². The number of nitrogens with zero attached hydrogens (tertiary/aromatic N) is 3. The molecule has 120 valence electrons. The van der Waals surface area contributed by atoms with Crippen molar-refractivity contribution in [2.24, 2.45) is 5.92 Å². The Hall–Kier alpha value is -1.33. The molecular weight excluding hydrogens is 318 g/mol. The Morgan fingerprint density at radius 3 is 2.68 bits per heavy atom. The maximum absolute atomic E-state index is 12.3. The molecule has 2 atom stereocenters. The highest BCUT2D eigenvalue weighted by Gasteiger charge is 2.32. The lowest BCUT2D eigenvalue weighted by Crippen LogP contribution is -2.51. The highest BCUT2D eigenvalue weighted by atomic mass is 32.2. The Morgan fingerprint density at radius 2 is 2.14 bits per heavy atom. The summed E-state index contributed by atoms with van der Waals surface area (Å²) in [7, 11) is 0. The molecule has 1 aliphatic carbocycles. The van der Waals surface area contributed by atoms with Crippen molar-refractivity contribution in [3.8, 4) is 6.07 Å². The Kier molecular flexibility index (Phi) is 5.29. The van der Waals surface area contributed by atoms with Crippen LogP contribution in [-0.4, -0.2) is 32.9 Å². The van der Waals surface area contributed by atoms with Gasteiger partial charge in [-0.25, -0.2) is 0 Å². The molecule has 0 bridgehead atoms. The number of carbonyl (C=O) groups excluding carboxylic acids is 1. The summed E-state index contributed by atoms with van der Waals surface area (Å²) < 4.78 is 0.758. The van der Waals surface area contributed by atoms with E-state index in [1.807, 2.05) is 20.8 Å². The minimum absolute atomic E-state index is 0.0366. The Bertz CT molecular complexity index is 578. The van der Waals surface area contributed by atoms with Crippen LogP contribution >= 0.6 is 23.1 Å². The number of anilines is 1. The van der Waals surface area contributed by atoms with Gasteiger partial charge in [-0.3, -0.25) is 4.79 Å². The first-order valence-electron chi connectivity index (χ1n) is 7.34. The maximum atomic E-state index is 12.3. The molecule has 1 aromatic rings. The van der Waals surface area contributed by atoms with E-state index in [2.05, 4.69) is 26.9 Å². The normalized spacial score (nSPS) is 18.4. The second-order valence-electron chi connectivity index (χ2n) is 6.01. The van der Waals surface area contributed by atoms with Gasteiger partial charge in [0.25, 0.3) is 0 Å². The first-order valence-corrected chi connectivity index (χ1v) is 9.03. The molecule has 1 aromatic heterocycles. The number of thioether (sulfide) groups is 1. The van der Waals surface area contributed by atoms with Crippen LogP contribution < -0.4 is 10.6 Å². The van der Waals surface area contributed by atoms with E-state index in [-0.39, 0.29) is 17.1 Å². The van der Waals surface area contributed by atoms with E-state index in [0.717, 1.165) is 9.47 Å². The predicted molar refractivity (Wildman–Crippen MR) is 88.9 cm³/mol. The van der Waals surface area contributed by atoms with Gasteiger partial charge in [0.1, 0.15) is 5.54 Å². The van der Waals surface area contributed by atoms with Crippen molar-refractivity contribution >= 4 is 34.1 Å². The predicted octanol–water partition coefficient (Wildman–Crippen LogP) is 2.65. The summed E-state index contributed by atoms with van der Waals surface area (Å²) in [5.41, 5.74) is -0.855. The molecule has 1 saturated carbocycles. The number of aromatic nitrogens is 2. The van der Waals surface area contributed by atoms with E-state index in [1.165, 1.54) is 35.9 Å². The second-order valence-corrected chi connectivity index (χ2v) is 8.58. The van der Waals surface area contributed by atoms with Crippen LogP contribution in [0, 0.1) is 17.2 Å². The molecule has 0 saturated heterocycles. The highest BCUT2D eigenvalue weighted by molar-refractivity contribution is 8.02. The van der Waals surface area contributed by atoms with Gasteiger partial charge in [0, 0.05) is 6.04 Å². The number of nitriles is 1. The summed E-state index contributed by atoms with van der Waals surface area (Å²) in [5, 5.41) is 24.0. The maximum Gasteiger partial charge on any atom is 0.234 e. The quantitative estimate of drug-likeness (QED) is 0.742. The lowest BCUT2D eigenvalue weighted by molar-refractivity contribution is -0.121. The molecule has 22 heavy (non-hydrogen) atoms. The molecule has 0 spiro atoms. The molecule has 6 nitrogen and oxygen atoms in total. The molecule has 1 heterocycles. The smallest absolute Gasteiger partial charge is 0.234 e. The van der Waals surface area contributed by atoms with E-state index in [1.54, 1.807) is 6.92 Å². The van der Waals surface area contributed by atoms with Crippen LogP contribution in [0.3, 0.4) is 0 Å². The Morgan fingerprint density at radius 1 is 1.45 bits per heavy atom. The fraction of sp³-hybridized carbons (Fsp3) is 0.714. The van der Waals surface area contributed by atoms with E-state index >= 15 is 0 Å². The third-order valence-corrected chi connectivity index (χ3v) is 5.77. The van der Waals surface area contributed by atoms with Gasteiger partial charge in [-0.1, -0.05) is 36.9 Å². The van der Waals surface area contributed by atoms with E-state index < -0.39 is 5.54 Å². The van der Waals surface area contributed by atoms with E-state index in [9.17, 15) is 10.1 Å². The molecular formula is C14H21N5OS2. The number of hydrogen-bond acceptors (Lipinski definition) is 7. The van der Waals surface area contributed by atoms with Gasteiger partial charge in [0.15, 0.2) is 4.34 Å². The van der Waals surface area contributed by atoms with Gasteiger partial charge >= 0.3 is 0 Å². The van der Waals surface area contributed by atoms with Gasteiger partial charge in [0.05, 0.1) is 11.3 Å². The molecule has 0 aromatic carbocycles. The van der Waals surface area contributed by atoms with Crippen LogP contribution in [0.4, 0.5) is 5.13 Å². The summed E-state index contributed by atoms with van der Waals surface area (Å²) in [6.07, 6.45) is 2.37. The molecule has 0 aliphatic heterocycles. The fourth-order valence-electron chi connectivity index (χ4n) is 1.58. The Labute approximate surface area is 139 Å². The van der Waals surface area contributed by atoms with Crippen molar-refractivity contribution in [1.29, 1.82) is 5.26 Å². The van der Waals surface area contributed by atoms with Crippen molar-refractivity contribution in [1.82, 2.24) is 15.5 Å². The minimum atomic E-state index is -0.855. The fourth-order valence-corrected chi connectivity index (χ4v) is 3.55. The van der Waals surface area contributed by atoms with Crippen LogP contribution in [0.15, 0.2) is 4.34 Å². The molecule has 1 aliphatic rings. The molecule has 0 radical (unpaired) electrons. The second kappa shape index (κ2) is 6.84. The van der Waals surface area contributed by atoms with Crippen molar-refractivity contribution in [2.45, 2.75) is 61.7 Å². The van der Waals surface area contributed by atoms with Crippen LogP contribution in [0.1, 0.15) is 40.5 Å². The summed E-state index contributed by atoms with van der Waals surface area (Å²) in [5.74, 6) is -0.121. The summed E-state index contributed by atoms with van der Waals surface area (Å²) in [6, 6.07) is 2.72. The first kappa shape index (κ1) is 17.0.